The van der Waals surface area contributed by atoms with Gasteiger partial charge in [-0.05, 0) is 51.3 Å². The van der Waals surface area contributed by atoms with Crippen molar-refractivity contribution >= 4 is 35.0 Å². The molecule has 26 heavy (non-hydrogen) atoms. The van der Waals surface area contributed by atoms with Crippen molar-refractivity contribution in [2.45, 2.75) is 51.6 Å². The lowest BCUT2D eigenvalue weighted by molar-refractivity contribution is -0.485. The van der Waals surface area contributed by atoms with Crippen LogP contribution in [-0.4, -0.2) is 28.8 Å². The van der Waals surface area contributed by atoms with Gasteiger partial charge in [-0.1, -0.05) is 29.3 Å². The van der Waals surface area contributed by atoms with Gasteiger partial charge in [0.05, 0.1) is 5.92 Å². The molecule has 2 rings (SSSR count). The van der Waals surface area contributed by atoms with E-state index in [1.54, 1.807) is 20.8 Å². The molecule has 8 heteroatoms. The number of Topliss-reactive ketones (excluding diaryl/α,β-unsaturated/α-hetero) is 1. The maximum Gasteiger partial charge on any atom is 0.321 e. The lowest BCUT2D eigenvalue weighted by Crippen LogP contribution is -2.47. The molecule has 0 aromatic heterocycles. The fourth-order valence-electron chi connectivity index (χ4n) is 3.44. The molecule has 0 unspecified atom stereocenters. The quantitative estimate of drug-likeness (QED) is 0.315. The highest BCUT2D eigenvalue weighted by Crippen LogP contribution is 2.49. The number of benzene rings is 1. The van der Waals surface area contributed by atoms with Crippen LogP contribution in [0.4, 0.5) is 0 Å². The first-order valence-corrected chi connectivity index (χ1v) is 9.06. The molecule has 0 aliphatic heterocycles. The number of ether oxygens (including phenoxy) is 1. The Kier molecular flexibility index (Phi) is 5.98. The van der Waals surface area contributed by atoms with Crippen molar-refractivity contribution in [3.05, 3.63) is 43.9 Å². The standard InChI is InChI=1S/C18H21Cl2NO5/c1-17(2,3)26-16(23)18(8-4-5-15(18)22)13(10-21(24)25)12-7-6-11(19)9-14(12)20/h6-7,9,13H,4-5,8,10H2,1-3H3/t13-,18+/m0/s1. The van der Waals surface area contributed by atoms with Gasteiger partial charge < -0.3 is 4.74 Å². The minimum atomic E-state index is -1.61. The van der Waals surface area contributed by atoms with Gasteiger partial charge in [0.1, 0.15) is 11.0 Å². The zero-order valence-corrected chi connectivity index (χ0v) is 16.4. The summed E-state index contributed by atoms with van der Waals surface area (Å²) in [6, 6.07) is 4.53. The number of carbonyl (C=O) groups is 2. The van der Waals surface area contributed by atoms with Crippen LogP contribution >= 0.6 is 23.2 Å². The lowest BCUT2D eigenvalue weighted by atomic mass is 9.69. The van der Waals surface area contributed by atoms with Gasteiger partial charge in [-0.15, -0.1) is 0 Å². The number of hydrogen-bond acceptors (Lipinski definition) is 5. The van der Waals surface area contributed by atoms with E-state index in [1.165, 1.54) is 18.2 Å². The number of esters is 1. The predicted octanol–water partition coefficient (Wildman–Crippen LogP) is 4.43. The lowest BCUT2D eigenvalue weighted by Gasteiger charge is -2.35. The number of nitrogens with zero attached hydrogens (tertiary/aromatic N) is 1. The fraction of sp³-hybridized carbons (Fsp3) is 0.556. The summed E-state index contributed by atoms with van der Waals surface area (Å²) in [7, 11) is 0. The predicted molar refractivity (Wildman–Crippen MR) is 98.2 cm³/mol. The van der Waals surface area contributed by atoms with Crippen LogP contribution in [0.3, 0.4) is 0 Å². The van der Waals surface area contributed by atoms with Crippen molar-refractivity contribution < 1.29 is 19.2 Å². The third-order valence-electron chi connectivity index (χ3n) is 4.50. The first-order valence-electron chi connectivity index (χ1n) is 8.31. The molecule has 1 aliphatic rings. The van der Waals surface area contributed by atoms with E-state index in [-0.39, 0.29) is 23.6 Å². The van der Waals surface area contributed by atoms with E-state index in [1.807, 2.05) is 0 Å². The fourth-order valence-corrected chi connectivity index (χ4v) is 3.98. The average Bonchev–Trinajstić information content (AvgIpc) is 2.86. The van der Waals surface area contributed by atoms with Crippen molar-refractivity contribution in [3.63, 3.8) is 0 Å². The molecule has 1 aromatic carbocycles. The topological polar surface area (TPSA) is 86.5 Å². The molecule has 0 N–H and O–H groups in total. The van der Waals surface area contributed by atoms with Crippen LogP contribution in [0.1, 0.15) is 51.5 Å². The number of ketones is 1. The van der Waals surface area contributed by atoms with Gasteiger partial charge in [0.25, 0.3) is 0 Å². The van der Waals surface area contributed by atoms with E-state index in [2.05, 4.69) is 0 Å². The highest BCUT2D eigenvalue weighted by molar-refractivity contribution is 6.35. The summed E-state index contributed by atoms with van der Waals surface area (Å²) in [5, 5.41) is 11.9. The van der Waals surface area contributed by atoms with Crippen LogP contribution in [-0.2, 0) is 14.3 Å². The summed E-state index contributed by atoms with van der Waals surface area (Å²) in [6.07, 6.45) is 0.842. The van der Waals surface area contributed by atoms with Crippen molar-refractivity contribution in [2.75, 3.05) is 6.54 Å². The molecule has 1 aliphatic carbocycles. The Labute approximate surface area is 162 Å². The molecule has 0 heterocycles. The van der Waals surface area contributed by atoms with Crippen molar-refractivity contribution in [1.29, 1.82) is 0 Å². The molecule has 0 saturated heterocycles. The van der Waals surface area contributed by atoms with E-state index in [0.29, 0.717) is 17.0 Å². The van der Waals surface area contributed by atoms with Crippen LogP contribution in [0, 0.1) is 15.5 Å². The molecule has 142 valence electrons. The van der Waals surface area contributed by atoms with Gasteiger partial charge in [0, 0.05) is 21.4 Å². The highest BCUT2D eigenvalue weighted by atomic mass is 35.5. The second kappa shape index (κ2) is 7.53. The number of hydrogen-bond donors (Lipinski definition) is 0. The smallest absolute Gasteiger partial charge is 0.321 e. The zero-order chi connectivity index (χ0) is 19.7. The van der Waals surface area contributed by atoms with Gasteiger partial charge in [-0.25, -0.2) is 0 Å². The van der Waals surface area contributed by atoms with Crippen LogP contribution < -0.4 is 0 Å². The third-order valence-corrected chi connectivity index (χ3v) is 5.06. The van der Waals surface area contributed by atoms with Crippen LogP contribution in [0.25, 0.3) is 0 Å². The summed E-state index contributed by atoms with van der Waals surface area (Å²) in [6.45, 7) is 4.47. The minimum Gasteiger partial charge on any atom is -0.459 e. The Morgan fingerprint density at radius 2 is 2.04 bits per heavy atom. The van der Waals surface area contributed by atoms with E-state index in [9.17, 15) is 19.7 Å². The molecule has 1 fully saturated rings. The van der Waals surface area contributed by atoms with Crippen LogP contribution in [0.2, 0.25) is 10.0 Å². The van der Waals surface area contributed by atoms with E-state index < -0.39 is 34.4 Å². The Morgan fingerprint density at radius 1 is 1.38 bits per heavy atom. The molecule has 0 radical (unpaired) electrons. The molecule has 0 amide bonds. The molecule has 1 saturated carbocycles. The number of carbonyl (C=O) groups excluding carboxylic acids is 2. The SMILES string of the molecule is CC(C)(C)OC(=O)[C@@]1([C@@H](C[N+](=O)[O-])c2ccc(Cl)cc2Cl)CCCC1=O. The Bertz CT molecular complexity index is 744. The van der Waals surface area contributed by atoms with Gasteiger partial charge in [0.15, 0.2) is 5.78 Å². The minimum absolute atomic E-state index is 0.179. The highest BCUT2D eigenvalue weighted by Gasteiger charge is 2.58. The summed E-state index contributed by atoms with van der Waals surface area (Å²) in [4.78, 5) is 36.7. The van der Waals surface area contributed by atoms with Gasteiger partial charge in [-0.2, -0.15) is 0 Å². The van der Waals surface area contributed by atoms with Gasteiger partial charge in [0.2, 0.25) is 6.54 Å². The van der Waals surface area contributed by atoms with E-state index in [0.717, 1.165) is 0 Å². The third kappa shape index (κ3) is 4.18. The van der Waals surface area contributed by atoms with Crippen molar-refractivity contribution in [1.82, 2.24) is 0 Å². The van der Waals surface area contributed by atoms with Crippen molar-refractivity contribution in [3.8, 4) is 0 Å². The monoisotopic (exact) mass is 401 g/mol. The summed E-state index contributed by atoms with van der Waals surface area (Å²) in [5.74, 6) is -2.10. The largest absolute Gasteiger partial charge is 0.459 e. The maximum absolute atomic E-state index is 13.0. The first-order chi connectivity index (χ1) is 12.0. The Balaban J connectivity index is 2.61. The Morgan fingerprint density at radius 3 is 2.50 bits per heavy atom. The molecule has 6 nitrogen and oxygen atoms in total. The van der Waals surface area contributed by atoms with Crippen LogP contribution in [0.5, 0.6) is 0 Å². The van der Waals surface area contributed by atoms with E-state index in [4.69, 9.17) is 27.9 Å². The molecular weight excluding hydrogens is 381 g/mol. The van der Waals surface area contributed by atoms with Gasteiger partial charge in [-0.3, -0.25) is 19.7 Å². The second-order valence-electron chi connectivity index (χ2n) is 7.48. The molecule has 0 spiro atoms. The summed E-state index contributed by atoms with van der Waals surface area (Å²) in [5.41, 5.74) is -2.08. The maximum atomic E-state index is 13.0. The van der Waals surface area contributed by atoms with Gasteiger partial charge >= 0.3 is 5.97 Å². The average molecular weight is 402 g/mol. The molecule has 2 atom stereocenters. The van der Waals surface area contributed by atoms with Crippen molar-refractivity contribution in [2.24, 2.45) is 5.41 Å². The number of rotatable bonds is 5. The summed E-state index contributed by atoms with van der Waals surface area (Å²) < 4.78 is 5.49. The first kappa shape index (κ1) is 20.6. The second-order valence-corrected chi connectivity index (χ2v) is 8.33. The van der Waals surface area contributed by atoms with Crippen LogP contribution in [0.15, 0.2) is 18.2 Å². The molecule has 0 bridgehead atoms. The molecule has 1 aromatic rings. The zero-order valence-electron chi connectivity index (χ0n) is 14.9. The molecular formula is C18H21Cl2NO5. The Hall–Kier alpha value is -1.66. The normalized spacial score (nSPS) is 21.5. The van der Waals surface area contributed by atoms with E-state index >= 15 is 0 Å². The number of nitro groups is 1. The number of halogens is 2. The summed E-state index contributed by atoms with van der Waals surface area (Å²) >= 11 is 12.2.